The third-order valence-corrected chi connectivity index (χ3v) is 4.36. The minimum absolute atomic E-state index is 0.0537. The van der Waals surface area contributed by atoms with Crippen LogP contribution in [0, 0.1) is 0 Å². The van der Waals surface area contributed by atoms with Crippen LogP contribution in [0.25, 0.3) is 0 Å². The number of fused-ring (bicyclic) bond motifs is 1. The van der Waals surface area contributed by atoms with Crippen molar-refractivity contribution in [1.29, 1.82) is 0 Å². The summed E-state index contributed by atoms with van der Waals surface area (Å²) in [5, 5.41) is 0. The van der Waals surface area contributed by atoms with E-state index in [1.54, 1.807) is 4.88 Å². The monoisotopic (exact) mass is 239 g/mol. The van der Waals surface area contributed by atoms with E-state index < -0.39 is 0 Å². The van der Waals surface area contributed by atoms with Crippen LogP contribution in [0.1, 0.15) is 48.0 Å². The maximum absolute atomic E-state index is 6.14. The predicted molar refractivity (Wildman–Crippen MR) is 69.0 cm³/mol. The van der Waals surface area contributed by atoms with E-state index in [2.05, 4.69) is 6.07 Å². The molecule has 0 fully saturated rings. The minimum atomic E-state index is 0.0537. The largest absolute Gasteiger partial charge is 0.377 e. The zero-order valence-corrected chi connectivity index (χ0v) is 11.0. The van der Waals surface area contributed by atoms with E-state index in [4.69, 9.17) is 10.5 Å². The molecular formula is C13H21NOS. The van der Waals surface area contributed by atoms with Gasteiger partial charge in [0, 0.05) is 9.75 Å². The Morgan fingerprint density at radius 3 is 2.81 bits per heavy atom. The van der Waals surface area contributed by atoms with E-state index in [1.807, 2.05) is 25.2 Å². The molecule has 1 aliphatic carbocycles. The number of hydrogen-bond donors (Lipinski definition) is 1. The molecule has 0 radical (unpaired) electrons. The van der Waals surface area contributed by atoms with Crippen molar-refractivity contribution in [2.24, 2.45) is 5.73 Å². The number of rotatable bonds is 4. The van der Waals surface area contributed by atoms with Gasteiger partial charge in [-0.1, -0.05) is 0 Å². The molecule has 1 heterocycles. The highest BCUT2D eigenvalue weighted by molar-refractivity contribution is 7.12. The van der Waals surface area contributed by atoms with Gasteiger partial charge in [0.1, 0.15) is 0 Å². The summed E-state index contributed by atoms with van der Waals surface area (Å²) in [4.78, 5) is 2.86. The molecule has 0 saturated heterocycles. The van der Waals surface area contributed by atoms with E-state index in [0.717, 1.165) is 0 Å². The summed E-state index contributed by atoms with van der Waals surface area (Å²) in [7, 11) is 0. The molecule has 1 aromatic heterocycles. The smallest absolute Gasteiger partial charge is 0.0670 e. The van der Waals surface area contributed by atoms with Crippen molar-refractivity contribution in [1.82, 2.24) is 0 Å². The fourth-order valence-corrected chi connectivity index (χ4v) is 3.32. The molecule has 2 N–H and O–H groups in total. The zero-order chi connectivity index (χ0) is 11.5. The molecule has 3 heteroatoms. The van der Waals surface area contributed by atoms with Crippen molar-refractivity contribution >= 4 is 11.3 Å². The van der Waals surface area contributed by atoms with Gasteiger partial charge < -0.3 is 10.5 Å². The predicted octanol–water partition coefficient (Wildman–Crippen LogP) is 3.05. The van der Waals surface area contributed by atoms with Crippen LogP contribution in [0.2, 0.25) is 0 Å². The quantitative estimate of drug-likeness (QED) is 0.876. The van der Waals surface area contributed by atoms with Crippen LogP contribution in [0.15, 0.2) is 6.07 Å². The lowest BCUT2D eigenvalue weighted by atomic mass is 9.99. The molecule has 0 amide bonds. The maximum Gasteiger partial charge on any atom is 0.0670 e. The Balaban J connectivity index is 2.00. The summed E-state index contributed by atoms with van der Waals surface area (Å²) in [6, 6.07) is 2.35. The maximum atomic E-state index is 6.14. The van der Waals surface area contributed by atoms with E-state index >= 15 is 0 Å². The molecule has 90 valence electrons. The highest BCUT2D eigenvalue weighted by Gasteiger charge is 2.17. The second-order valence-electron chi connectivity index (χ2n) is 4.79. The van der Waals surface area contributed by atoms with E-state index in [9.17, 15) is 0 Å². The molecule has 0 saturated carbocycles. The van der Waals surface area contributed by atoms with Crippen molar-refractivity contribution in [3.8, 4) is 0 Å². The Bertz CT molecular complexity index is 322. The Morgan fingerprint density at radius 1 is 1.38 bits per heavy atom. The van der Waals surface area contributed by atoms with E-state index in [0.29, 0.717) is 6.61 Å². The standard InChI is InChI=1S/C13H21NOS/c1-9(2)15-8-11(14)13-7-10-5-3-4-6-12(10)16-13/h7,9,11H,3-6,8,14H2,1-2H3. The Morgan fingerprint density at radius 2 is 2.12 bits per heavy atom. The normalized spacial score (nSPS) is 17.5. The lowest BCUT2D eigenvalue weighted by Gasteiger charge is -2.12. The van der Waals surface area contributed by atoms with Crippen LogP contribution in [-0.2, 0) is 17.6 Å². The number of aryl methyl sites for hydroxylation is 2. The van der Waals surface area contributed by atoms with Crippen molar-refractivity contribution in [3.05, 3.63) is 21.4 Å². The average Bonchev–Trinajstić information content (AvgIpc) is 2.69. The van der Waals surface area contributed by atoms with Gasteiger partial charge in [0.15, 0.2) is 0 Å². The lowest BCUT2D eigenvalue weighted by Crippen LogP contribution is -2.18. The molecule has 0 aliphatic heterocycles. The van der Waals surface area contributed by atoms with Crippen molar-refractivity contribution < 1.29 is 4.74 Å². The third-order valence-electron chi connectivity index (χ3n) is 2.99. The first-order valence-electron chi connectivity index (χ1n) is 6.15. The van der Waals surface area contributed by atoms with Gasteiger partial charge in [0.05, 0.1) is 18.8 Å². The topological polar surface area (TPSA) is 35.2 Å². The van der Waals surface area contributed by atoms with Gasteiger partial charge in [0.25, 0.3) is 0 Å². The summed E-state index contributed by atoms with van der Waals surface area (Å²) < 4.78 is 5.57. The second kappa shape index (κ2) is 5.30. The first-order chi connectivity index (χ1) is 7.66. The van der Waals surface area contributed by atoms with Crippen molar-refractivity contribution in [3.63, 3.8) is 0 Å². The SMILES string of the molecule is CC(C)OCC(N)c1cc2c(s1)CCCC2. The van der Waals surface area contributed by atoms with Gasteiger partial charge in [0.2, 0.25) is 0 Å². The average molecular weight is 239 g/mol. The van der Waals surface area contributed by atoms with Crippen molar-refractivity contribution in [2.75, 3.05) is 6.61 Å². The lowest BCUT2D eigenvalue weighted by molar-refractivity contribution is 0.0688. The molecule has 2 nitrogen and oxygen atoms in total. The molecule has 2 rings (SSSR count). The molecule has 1 aromatic rings. The number of ether oxygens (including phenoxy) is 1. The van der Waals surface area contributed by atoms with Gasteiger partial charge in [-0.3, -0.25) is 0 Å². The molecule has 1 atom stereocenters. The third kappa shape index (κ3) is 2.84. The molecular weight excluding hydrogens is 218 g/mol. The van der Waals surface area contributed by atoms with Gasteiger partial charge in [-0.25, -0.2) is 0 Å². The molecule has 0 aromatic carbocycles. The van der Waals surface area contributed by atoms with Gasteiger partial charge in [-0.15, -0.1) is 11.3 Å². The summed E-state index contributed by atoms with van der Waals surface area (Å²) in [5.41, 5.74) is 7.67. The highest BCUT2D eigenvalue weighted by atomic mass is 32.1. The molecule has 1 aliphatic rings. The van der Waals surface area contributed by atoms with E-state index in [1.165, 1.54) is 36.1 Å². The minimum Gasteiger partial charge on any atom is -0.377 e. The van der Waals surface area contributed by atoms with Crippen LogP contribution in [0.4, 0.5) is 0 Å². The zero-order valence-electron chi connectivity index (χ0n) is 10.2. The first kappa shape index (κ1) is 12.1. The van der Waals surface area contributed by atoms with E-state index in [-0.39, 0.29) is 12.1 Å². The number of hydrogen-bond acceptors (Lipinski definition) is 3. The molecule has 16 heavy (non-hydrogen) atoms. The second-order valence-corrected chi connectivity index (χ2v) is 5.96. The molecule has 0 spiro atoms. The van der Waals surface area contributed by atoms with Crippen LogP contribution < -0.4 is 5.73 Å². The summed E-state index contributed by atoms with van der Waals surface area (Å²) in [6.07, 6.45) is 5.42. The highest BCUT2D eigenvalue weighted by Crippen LogP contribution is 2.32. The number of thiophene rings is 1. The molecule has 0 bridgehead atoms. The van der Waals surface area contributed by atoms with Gasteiger partial charge >= 0.3 is 0 Å². The fraction of sp³-hybridized carbons (Fsp3) is 0.692. The first-order valence-corrected chi connectivity index (χ1v) is 6.97. The molecule has 1 unspecified atom stereocenters. The number of nitrogens with two attached hydrogens (primary N) is 1. The Hall–Kier alpha value is -0.380. The fourth-order valence-electron chi connectivity index (χ4n) is 2.07. The van der Waals surface area contributed by atoms with Crippen LogP contribution >= 0.6 is 11.3 Å². The van der Waals surface area contributed by atoms with Crippen LogP contribution in [0.5, 0.6) is 0 Å². The Kier molecular flexibility index (Phi) is 4.00. The van der Waals surface area contributed by atoms with Crippen LogP contribution in [-0.4, -0.2) is 12.7 Å². The van der Waals surface area contributed by atoms with Crippen molar-refractivity contribution in [2.45, 2.75) is 51.7 Å². The summed E-state index contributed by atoms with van der Waals surface area (Å²) in [6.45, 7) is 4.73. The van der Waals surface area contributed by atoms with Gasteiger partial charge in [-0.2, -0.15) is 0 Å². The van der Waals surface area contributed by atoms with Crippen LogP contribution in [0.3, 0.4) is 0 Å². The summed E-state index contributed by atoms with van der Waals surface area (Å²) >= 11 is 1.89. The Labute approximate surface area is 102 Å². The summed E-state index contributed by atoms with van der Waals surface area (Å²) in [5.74, 6) is 0. The van der Waals surface area contributed by atoms with Gasteiger partial charge in [-0.05, 0) is 51.2 Å².